The summed E-state index contributed by atoms with van der Waals surface area (Å²) in [5.41, 5.74) is 1.02. The van der Waals surface area contributed by atoms with Gasteiger partial charge in [0.25, 0.3) is 0 Å². The number of nitrogens with one attached hydrogen (secondary N) is 1. The van der Waals surface area contributed by atoms with Crippen LogP contribution in [-0.4, -0.2) is 24.7 Å². The molecule has 0 radical (unpaired) electrons. The molecule has 0 amide bonds. The van der Waals surface area contributed by atoms with Crippen LogP contribution >= 0.6 is 11.6 Å². The molecule has 0 aliphatic carbocycles. The van der Waals surface area contributed by atoms with E-state index in [0.29, 0.717) is 5.02 Å². The van der Waals surface area contributed by atoms with Gasteiger partial charge in [0, 0.05) is 5.02 Å². The summed E-state index contributed by atoms with van der Waals surface area (Å²) in [6.45, 7) is 0.892. The van der Waals surface area contributed by atoms with Crippen LogP contribution in [0.25, 0.3) is 6.08 Å². The Balaban J connectivity index is 2.80. The Kier molecular flexibility index (Phi) is 5.02. The van der Waals surface area contributed by atoms with Crippen molar-refractivity contribution in [2.45, 2.75) is 6.42 Å². The van der Waals surface area contributed by atoms with Crippen LogP contribution in [0.5, 0.6) is 0 Å². The van der Waals surface area contributed by atoms with Gasteiger partial charge >= 0.3 is 5.97 Å². The van der Waals surface area contributed by atoms with E-state index in [9.17, 15) is 4.79 Å². The van der Waals surface area contributed by atoms with E-state index in [1.165, 1.54) is 6.07 Å². The van der Waals surface area contributed by atoms with Crippen molar-refractivity contribution in [3.05, 3.63) is 40.4 Å². The highest BCUT2D eigenvalue weighted by Gasteiger charge is 2.04. The molecule has 0 aromatic heterocycles. The van der Waals surface area contributed by atoms with E-state index in [0.717, 1.165) is 18.5 Å². The third-order valence-corrected chi connectivity index (χ3v) is 2.26. The third kappa shape index (κ3) is 4.04. The van der Waals surface area contributed by atoms with Gasteiger partial charge in [-0.3, -0.25) is 0 Å². The molecule has 0 unspecified atom stereocenters. The van der Waals surface area contributed by atoms with Gasteiger partial charge in [0.2, 0.25) is 0 Å². The standard InChI is InChI=1S/C12H14ClNO2/c1-14-5-3-2-4-9-6-10(12(15)16)8-11(13)7-9/h2,4,6-8,14H,3,5H2,1H3,(H,15,16). The van der Waals surface area contributed by atoms with Crippen LogP contribution in [0.1, 0.15) is 22.3 Å². The summed E-state index contributed by atoms with van der Waals surface area (Å²) in [6, 6.07) is 4.78. The van der Waals surface area contributed by atoms with Crippen LogP contribution in [0.2, 0.25) is 5.02 Å². The summed E-state index contributed by atoms with van der Waals surface area (Å²) in [5.74, 6) is -0.965. The lowest BCUT2D eigenvalue weighted by Crippen LogP contribution is -2.05. The summed E-state index contributed by atoms with van der Waals surface area (Å²) in [4.78, 5) is 10.8. The second kappa shape index (κ2) is 6.30. The molecule has 0 saturated carbocycles. The van der Waals surface area contributed by atoms with Gasteiger partial charge in [-0.05, 0) is 43.8 Å². The molecule has 2 N–H and O–H groups in total. The lowest BCUT2D eigenvalue weighted by molar-refractivity contribution is 0.0697. The molecule has 3 nitrogen and oxygen atoms in total. The minimum Gasteiger partial charge on any atom is -0.478 e. The van der Waals surface area contributed by atoms with E-state index in [1.807, 2.05) is 19.2 Å². The zero-order valence-electron chi connectivity index (χ0n) is 9.03. The molecule has 0 bridgehead atoms. The van der Waals surface area contributed by atoms with Crippen molar-refractivity contribution in [1.29, 1.82) is 0 Å². The van der Waals surface area contributed by atoms with E-state index < -0.39 is 5.97 Å². The van der Waals surface area contributed by atoms with Crippen LogP contribution in [0.15, 0.2) is 24.3 Å². The van der Waals surface area contributed by atoms with Crippen molar-refractivity contribution >= 4 is 23.6 Å². The fourth-order valence-corrected chi connectivity index (χ4v) is 1.52. The minimum absolute atomic E-state index is 0.209. The van der Waals surface area contributed by atoms with Crippen molar-refractivity contribution in [3.63, 3.8) is 0 Å². The van der Waals surface area contributed by atoms with Gasteiger partial charge in [-0.1, -0.05) is 23.8 Å². The SMILES string of the molecule is CNCCC=Cc1cc(Cl)cc(C(=O)O)c1. The van der Waals surface area contributed by atoms with Gasteiger partial charge in [-0.2, -0.15) is 0 Å². The molecule has 0 aliphatic heterocycles. The average molecular weight is 240 g/mol. The van der Waals surface area contributed by atoms with Crippen molar-refractivity contribution in [2.75, 3.05) is 13.6 Å². The number of hydrogen-bond donors (Lipinski definition) is 2. The molecule has 0 heterocycles. The Hall–Kier alpha value is -1.32. The maximum Gasteiger partial charge on any atom is 0.335 e. The van der Waals surface area contributed by atoms with Gasteiger partial charge < -0.3 is 10.4 Å². The lowest BCUT2D eigenvalue weighted by atomic mass is 10.1. The fourth-order valence-electron chi connectivity index (χ4n) is 1.28. The Labute approximate surface area is 99.7 Å². The van der Waals surface area contributed by atoms with Crippen molar-refractivity contribution in [3.8, 4) is 0 Å². The maximum absolute atomic E-state index is 10.8. The van der Waals surface area contributed by atoms with E-state index in [-0.39, 0.29) is 5.56 Å². The summed E-state index contributed by atoms with van der Waals surface area (Å²) in [5, 5.41) is 12.3. The number of carbonyl (C=O) groups is 1. The molecule has 0 spiro atoms. The molecular formula is C12H14ClNO2. The summed E-state index contributed by atoms with van der Waals surface area (Å²) in [7, 11) is 1.88. The predicted molar refractivity (Wildman–Crippen MR) is 66.0 cm³/mol. The first kappa shape index (κ1) is 12.7. The molecular weight excluding hydrogens is 226 g/mol. The van der Waals surface area contributed by atoms with Crippen LogP contribution in [0, 0.1) is 0 Å². The third-order valence-electron chi connectivity index (χ3n) is 2.04. The molecule has 0 aliphatic rings. The second-order valence-electron chi connectivity index (χ2n) is 3.37. The van der Waals surface area contributed by atoms with Crippen molar-refractivity contribution in [1.82, 2.24) is 5.32 Å². The molecule has 0 atom stereocenters. The number of benzene rings is 1. The van der Waals surface area contributed by atoms with Gasteiger partial charge in [0.05, 0.1) is 5.56 Å². The topological polar surface area (TPSA) is 49.3 Å². The number of rotatable bonds is 5. The van der Waals surface area contributed by atoms with Crippen LogP contribution in [0.3, 0.4) is 0 Å². The lowest BCUT2D eigenvalue weighted by Gasteiger charge is -1.99. The van der Waals surface area contributed by atoms with Gasteiger partial charge in [0.1, 0.15) is 0 Å². The maximum atomic E-state index is 10.8. The van der Waals surface area contributed by atoms with Crippen LogP contribution in [0.4, 0.5) is 0 Å². The Morgan fingerprint density at radius 3 is 2.88 bits per heavy atom. The molecule has 1 aromatic carbocycles. The molecule has 86 valence electrons. The largest absolute Gasteiger partial charge is 0.478 e. The highest BCUT2D eigenvalue weighted by atomic mass is 35.5. The Bertz CT molecular complexity index is 402. The smallest absolute Gasteiger partial charge is 0.335 e. The highest BCUT2D eigenvalue weighted by molar-refractivity contribution is 6.31. The van der Waals surface area contributed by atoms with Crippen LogP contribution < -0.4 is 5.32 Å². The number of carboxylic acid groups (broad SMARTS) is 1. The summed E-state index contributed by atoms with van der Waals surface area (Å²) in [6.07, 6.45) is 4.74. The number of carboxylic acids is 1. The normalized spacial score (nSPS) is 10.9. The summed E-state index contributed by atoms with van der Waals surface area (Å²) < 4.78 is 0. The molecule has 4 heteroatoms. The summed E-state index contributed by atoms with van der Waals surface area (Å²) >= 11 is 5.82. The van der Waals surface area contributed by atoms with Gasteiger partial charge in [0.15, 0.2) is 0 Å². The molecule has 0 fully saturated rings. The first-order valence-electron chi connectivity index (χ1n) is 4.98. The first-order valence-corrected chi connectivity index (χ1v) is 5.36. The number of aromatic carboxylic acids is 1. The number of hydrogen-bond acceptors (Lipinski definition) is 2. The Morgan fingerprint density at radius 1 is 1.50 bits per heavy atom. The fraction of sp³-hybridized carbons (Fsp3) is 0.250. The first-order chi connectivity index (χ1) is 7.63. The molecule has 0 saturated heterocycles. The van der Waals surface area contributed by atoms with Crippen molar-refractivity contribution in [2.24, 2.45) is 0 Å². The van der Waals surface area contributed by atoms with E-state index in [2.05, 4.69) is 5.32 Å². The monoisotopic (exact) mass is 239 g/mol. The molecule has 16 heavy (non-hydrogen) atoms. The zero-order valence-corrected chi connectivity index (χ0v) is 9.79. The minimum atomic E-state index is -0.965. The Morgan fingerprint density at radius 2 is 2.25 bits per heavy atom. The number of halogens is 1. The van der Waals surface area contributed by atoms with E-state index in [4.69, 9.17) is 16.7 Å². The van der Waals surface area contributed by atoms with Gasteiger partial charge in [-0.15, -0.1) is 0 Å². The zero-order chi connectivity index (χ0) is 12.0. The quantitative estimate of drug-likeness (QED) is 0.777. The average Bonchev–Trinajstić information content (AvgIpc) is 2.23. The van der Waals surface area contributed by atoms with Gasteiger partial charge in [-0.25, -0.2) is 4.79 Å². The van der Waals surface area contributed by atoms with E-state index >= 15 is 0 Å². The van der Waals surface area contributed by atoms with E-state index in [1.54, 1.807) is 12.1 Å². The molecule has 1 aromatic rings. The highest BCUT2D eigenvalue weighted by Crippen LogP contribution is 2.16. The van der Waals surface area contributed by atoms with Crippen LogP contribution in [-0.2, 0) is 0 Å². The second-order valence-corrected chi connectivity index (χ2v) is 3.81. The van der Waals surface area contributed by atoms with Crippen molar-refractivity contribution < 1.29 is 9.90 Å². The predicted octanol–water partition coefficient (Wildman–Crippen LogP) is 2.66. The molecule has 1 rings (SSSR count).